The Hall–Kier alpha value is -1.18. The molecule has 15 heavy (non-hydrogen) atoms. The van der Waals surface area contributed by atoms with Crippen LogP contribution < -0.4 is 0 Å². The van der Waals surface area contributed by atoms with Gasteiger partial charge in [-0.25, -0.2) is 0 Å². The molecule has 0 aliphatic rings. The fourth-order valence-electron chi connectivity index (χ4n) is 1.09. The summed E-state index contributed by atoms with van der Waals surface area (Å²) in [6, 6.07) is 0.406. The predicted molar refractivity (Wildman–Crippen MR) is 70.2 cm³/mol. The zero-order chi connectivity index (χ0) is 11.4. The number of hydrogen-bond acceptors (Lipinski definition) is 2. The number of hydrogen-bond donors (Lipinski definition) is 0. The third-order valence-corrected chi connectivity index (χ3v) is 2.02. The first-order valence-electron chi connectivity index (χ1n) is 5.60. The van der Waals surface area contributed by atoms with Crippen molar-refractivity contribution >= 4 is 12.4 Å². The van der Waals surface area contributed by atoms with E-state index < -0.39 is 0 Å². The summed E-state index contributed by atoms with van der Waals surface area (Å²) in [6.07, 6.45) is 13.7. The van der Waals surface area contributed by atoms with E-state index in [1.165, 1.54) is 0 Å². The monoisotopic (exact) mass is 206 g/mol. The molecule has 0 aliphatic heterocycles. The van der Waals surface area contributed by atoms with Gasteiger partial charge in [-0.05, 0) is 38.8 Å². The minimum absolute atomic E-state index is 0.406. The van der Waals surface area contributed by atoms with Crippen LogP contribution >= 0.6 is 0 Å². The summed E-state index contributed by atoms with van der Waals surface area (Å²) in [4.78, 5) is 8.72. The molecule has 0 saturated heterocycles. The Bertz CT molecular complexity index is 237. The molecule has 0 radical (unpaired) electrons. The van der Waals surface area contributed by atoms with Crippen molar-refractivity contribution < 1.29 is 0 Å². The molecule has 0 spiro atoms. The molecular weight excluding hydrogens is 184 g/mol. The zero-order valence-electron chi connectivity index (χ0n) is 10.1. The molecule has 0 rings (SSSR count). The van der Waals surface area contributed by atoms with E-state index in [9.17, 15) is 0 Å². The standard InChI is InChI=1S/C13H22N2/c1-4-7-10-14-12-9-13(6-3)15-11-8-5-2/h4-5,7-8,10-11,13H,6,9,12H2,1-3H3. The minimum atomic E-state index is 0.406. The molecular formula is C13H22N2. The van der Waals surface area contributed by atoms with Crippen molar-refractivity contribution in [1.82, 2.24) is 0 Å². The second-order valence-electron chi connectivity index (χ2n) is 3.26. The van der Waals surface area contributed by atoms with Crippen molar-refractivity contribution in [3.05, 3.63) is 24.3 Å². The fourth-order valence-corrected chi connectivity index (χ4v) is 1.09. The van der Waals surface area contributed by atoms with Crippen LogP contribution in [-0.4, -0.2) is 25.0 Å². The Morgan fingerprint density at radius 2 is 1.73 bits per heavy atom. The average molecular weight is 206 g/mol. The zero-order valence-corrected chi connectivity index (χ0v) is 10.1. The molecule has 2 nitrogen and oxygen atoms in total. The summed E-state index contributed by atoms with van der Waals surface area (Å²) >= 11 is 0. The van der Waals surface area contributed by atoms with Gasteiger partial charge in [-0.3, -0.25) is 9.98 Å². The van der Waals surface area contributed by atoms with Gasteiger partial charge in [0.1, 0.15) is 0 Å². The third kappa shape index (κ3) is 9.13. The Labute approximate surface area is 93.5 Å². The van der Waals surface area contributed by atoms with Gasteiger partial charge in [0.2, 0.25) is 0 Å². The molecule has 0 aromatic heterocycles. The molecule has 1 unspecified atom stereocenters. The lowest BCUT2D eigenvalue weighted by molar-refractivity contribution is 0.610. The highest BCUT2D eigenvalue weighted by atomic mass is 14.8. The molecule has 2 heteroatoms. The summed E-state index contributed by atoms with van der Waals surface area (Å²) in [5, 5.41) is 0. The highest BCUT2D eigenvalue weighted by Gasteiger charge is 2.00. The lowest BCUT2D eigenvalue weighted by Crippen LogP contribution is -2.04. The van der Waals surface area contributed by atoms with Gasteiger partial charge in [-0.1, -0.05) is 19.1 Å². The number of aliphatic imine (C=N–C) groups is 2. The van der Waals surface area contributed by atoms with Gasteiger partial charge in [-0.15, -0.1) is 0 Å². The fraction of sp³-hybridized carbons (Fsp3) is 0.538. The normalized spacial score (nSPS) is 15.1. The van der Waals surface area contributed by atoms with Gasteiger partial charge in [0.05, 0.1) is 6.04 Å². The second kappa shape index (κ2) is 10.9. The van der Waals surface area contributed by atoms with Gasteiger partial charge < -0.3 is 0 Å². The van der Waals surface area contributed by atoms with E-state index in [4.69, 9.17) is 0 Å². The van der Waals surface area contributed by atoms with Crippen LogP contribution in [0.3, 0.4) is 0 Å². The molecule has 0 bridgehead atoms. The molecule has 84 valence electrons. The van der Waals surface area contributed by atoms with Crippen LogP contribution in [0, 0.1) is 0 Å². The largest absolute Gasteiger partial charge is 0.293 e. The Balaban J connectivity index is 3.79. The van der Waals surface area contributed by atoms with Crippen LogP contribution in [0.4, 0.5) is 0 Å². The van der Waals surface area contributed by atoms with Gasteiger partial charge >= 0.3 is 0 Å². The summed E-state index contributed by atoms with van der Waals surface area (Å²) in [5.74, 6) is 0. The van der Waals surface area contributed by atoms with Gasteiger partial charge in [0.25, 0.3) is 0 Å². The van der Waals surface area contributed by atoms with E-state index in [0.717, 1.165) is 19.4 Å². The average Bonchev–Trinajstić information content (AvgIpc) is 2.26. The Morgan fingerprint density at radius 3 is 2.33 bits per heavy atom. The van der Waals surface area contributed by atoms with Crippen molar-refractivity contribution in [3.8, 4) is 0 Å². The lowest BCUT2D eigenvalue weighted by Gasteiger charge is -2.06. The van der Waals surface area contributed by atoms with Crippen LogP contribution in [0.1, 0.15) is 33.6 Å². The van der Waals surface area contributed by atoms with Crippen LogP contribution in [0.5, 0.6) is 0 Å². The van der Waals surface area contributed by atoms with Crippen molar-refractivity contribution in [2.45, 2.75) is 39.7 Å². The van der Waals surface area contributed by atoms with E-state index in [1.807, 2.05) is 50.6 Å². The lowest BCUT2D eigenvalue weighted by atomic mass is 10.2. The maximum absolute atomic E-state index is 4.45. The van der Waals surface area contributed by atoms with Gasteiger partial charge in [0.15, 0.2) is 0 Å². The molecule has 0 N–H and O–H groups in total. The molecule has 0 saturated carbocycles. The predicted octanol–water partition coefficient (Wildman–Crippen LogP) is 3.45. The summed E-state index contributed by atoms with van der Waals surface area (Å²) in [6.45, 7) is 7.00. The van der Waals surface area contributed by atoms with Gasteiger partial charge in [0, 0.05) is 19.0 Å². The number of allylic oxidation sites excluding steroid dienone is 4. The second-order valence-corrected chi connectivity index (χ2v) is 3.26. The first-order chi connectivity index (χ1) is 7.35. The van der Waals surface area contributed by atoms with Crippen LogP contribution in [0.15, 0.2) is 34.3 Å². The SMILES string of the molecule is CC=CC=NCCC(CC)N=CC=CC. The van der Waals surface area contributed by atoms with Crippen molar-refractivity contribution in [2.75, 3.05) is 6.54 Å². The molecule has 1 atom stereocenters. The smallest absolute Gasteiger partial charge is 0.0514 e. The summed E-state index contributed by atoms with van der Waals surface area (Å²) in [5.41, 5.74) is 0. The quantitative estimate of drug-likeness (QED) is 0.570. The van der Waals surface area contributed by atoms with Gasteiger partial charge in [-0.2, -0.15) is 0 Å². The first kappa shape index (κ1) is 13.8. The van der Waals surface area contributed by atoms with E-state index >= 15 is 0 Å². The maximum Gasteiger partial charge on any atom is 0.0514 e. The molecule has 0 aliphatic carbocycles. The van der Waals surface area contributed by atoms with E-state index in [2.05, 4.69) is 16.9 Å². The molecule has 0 aromatic rings. The molecule has 0 aromatic carbocycles. The van der Waals surface area contributed by atoms with E-state index in [1.54, 1.807) is 0 Å². The Morgan fingerprint density at radius 1 is 1.07 bits per heavy atom. The highest BCUT2D eigenvalue weighted by Crippen LogP contribution is 2.02. The number of rotatable bonds is 7. The van der Waals surface area contributed by atoms with Crippen LogP contribution in [-0.2, 0) is 0 Å². The minimum Gasteiger partial charge on any atom is -0.293 e. The highest BCUT2D eigenvalue weighted by molar-refractivity contribution is 5.71. The third-order valence-electron chi connectivity index (χ3n) is 2.02. The Kier molecular flexibility index (Phi) is 10.0. The van der Waals surface area contributed by atoms with Crippen LogP contribution in [0.25, 0.3) is 0 Å². The van der Waals surface area contributed by atoms with E-state index in [0.29, 0.717) is 6.04 Å². The van der Waals surface area contributed by atoms with Crippen LogP contribution in [0.2, 0.25) is 0 Å². The molecule has 0 amide bonds. The van der Waals surface area contributed by atoms with Crippen molar-refractivity contribution in [2.24, 2.45) is 9.98 Å². The first-order valence-corrected chi connectivity index (χ1v) is 5.60. The van der Waals surface area contributed by atoms with Crippen molar-refractivity contribution in [3.63, 3.8) is 0 Å². The number of nitrogens with zero attached hydrogens (tertiary/aromatic N) is 2. The summed E-state index contributed by atoms with van der Waals surface area (Å²) < 4.78 is 0. The molecule has 0 heterocycles. The van der Waals surface area contributed by atoms with E-state index in [-0.39, 0.29) is 0 Å². The maximum atomic E-state index is 4.45. The summed E-state index contributed by atoms with van der Waals surface area (Å²) in [7, 11) is 0. The van der Waals surface area contributed by atoms with Crippen molar-refractivity contribution in [1.29, 1.82) is 0 Å². The molecule has 0 fully saturated rings. The topological polar surface area (TPSA) is 24.7 Å².